The van der Waals surface area contributed by atoms with Gasteiger partial charge in [-0.05, 0) is 19.3 Å². The molecule has 1 aliphatic carbocycles. The maximum absolute atomic E-state index is 11.3. The van der Waals surface area contributed by atoms with E-state index in [2.05, 4.69) is 9.55 Å². The fourth-order valence-electron chi connectivity index (χ4n) is 3.16. The summed E-state index contributed by atoms with van der Waals surface area (Å²) in [5.74, 6) is -0.142. The Hall–Kier alpha value is -0.820. The van der Waals surface area contributed by atoms with Crippen molar-refractivity contribution in [3.8, 4) is 0 Å². The minimum absolute atomic E-state index is 0. The molecule has 6 nitrogen and oxygen atoms in total. The molecule has 2 rings (SSSR count). The van der Waals surface area contributed by atoms with Gasteiger partial charge >= 0.3 is 5.97 Å². The van der Waals surface area contributed by atoms with E-state index in [4.69, 9.17) is 10.5 Å². The predicted octanol–water partition coefficient (Wildman–Crippen LogP) is 3.06. The third-order valence-electron chi connectivity index (χ3n) is 4.61. The van der Waals surface area contributed by atoms with Gasteiger partial charge in [0.15, 0.2) is 6.10 Å². The zero-order valence-corrected chi connectivity index (χ0v) is 16.4. The number of hydrogen-bond donors (Lipinski definition) is 2. The van der Waals surface area contributed by atoms with Gasteiger partial charge in [-0.15, -0.1) is 24.8 Å². The summed E-state index contributed by atoms with van der Waals surface area (Å²) in [7, 11) is 0. The molecule has 1 aromatic heterocycles. The van der Waals surface area contributed by atoms with E-state index >= 15 is 0 Å². The standard InChI is InChI=1S/C17H29N3O3.2ClH/c1-13(10-18)23-16(17(21)22)9-15-11-20(12-19-15)8-7-14-5-3-2-4-6-14;;/h11-14,16H,2-10,18H2,1H3,(H,21,22);2*1H/t13-,16+;;/m0../s1. The normalized spacial score (nSPS) is 17.2. The van der Waals surface area contributed by atoms with Gasteiger partial charge in [-0.2, -0.15) is 0 Å². The smallest absolute Gasteiger partial charge is 0.333 e. The summed E-state index contributed by atoms with van der Waals surface area (Å²) >= 11 is 0. The third-order valence-corrected chi connectivity index (χ3v) is 4.61. The number of rotatable bonds is 9. The van der Waals surface area contributed by atoms with Crippen molar-refractivity contribution in [2.24, 2.45) is 11.7 Å². The van der Waals surface area contributed by atoms with Crippen molar-refractivity contribution < 1.29 is 14.6 Å². The predicted molar refractivity (Wildman–Crippen MR) is 103 cm³/mol. The molecule has 25 heavy (non-hydrogen) atoms. The lowest BCUT2D eigenvalue weighted by atomic mass is 9.87. The largest absolute Gasteiger partial charge is 0.479 e. The van der Waals surface area contributed by atoms with Crippen molar-refractivity contribution in [2.45, 2.75) is 70.6 Å². The summed E-state index contributed by atoms with van der Waals surface area (Å²) in [5.41, 5.74) is 6.25. The number of carboxylic acid groups (broad SMARTS) is 1. The number of carboxylic acids is 1. The van der Waals surface area contributed by atoms with E-state index in [1.807, 2.05) is 6.20 Å². The molecule has 1 aromatic rings. The molecule has 2 atom stereocenters. The molecule has 0 amide bonds. The van der Waals surface area contributed by atoms with Crippen LogP contribution in [0, 0.1) is 5.92 Å². The van der Waals surface area contributed by atoms with E-state index in [0.29, 0.717) is 6.54 Å². The van der Waals surface area contributed by atoms with E-state index in [1.165, 1.54) is 38.5 Å². The van der Waals surface area contributed by atoms with Crippen LogP contribution in [0.5, 0.6) is 0 Å². The number of aromatic nitrogens is 2. The second-order valence-corrected chi connectivity index (χ2v) is 6.61. The van der Waals surface area contributed by atoms with Gasteiger partial charge in [-0.1, -0.05) is 32.1 Å². The van der Waals surface area contributed by atoms with Gasteiger partial charge in [0, 0.05) is 25.7 Å². The van der Waals surface area contributed by atoms with Gasteiger partial charge < -0.3 is 20.1 Å². The zero-order valence-electron chi connectivity index (χ0n) is 14.8. The van der Waals surface area contributed by atoms with Crippen LogP contribution in [0.4, 0.5) is 0 Å². The number of nitrogens with zero attached hydrogens (tertiary/aromatic N) is 2. The van der Waals surface area contributed by atoms with Crippen molar-refractivity contribution in [3.05, 3.63) is 18.2 Å². The maximum Gasteiger partial charge on any atom is 0.333 e. The van der Waals surface area contributed by atoms with Gasteiger partial charge in [0.25, 0.3) is 0 Å². The molecular formula is C17H31Cl2N3O3. The average Bonchev–Trinajstić information content (AvgIpc) is 3.00. The highest BCUT2D eigenvalue weighted by molar-refractivity contribution is 5.85. The molecule has 0 unspecified atom stereocenters. The molecule has 3 N–H and O–H groups in total. The van der Waals surface area contributed by atoms with Crippen LogP contribution in [-0.2, 0) is 22.5 Å². The Balaban J connectivity index is 0.00000288. The van der Waals surface area contributed by atoms with Gasteiger partial charge in [-0.25, -0.2) is 9.78 Å². The van der Waals surface area contributed by atoms with Crippen molar-refractivity contribution >= 4 is 30.8 Å². The van der Waals surface area contributed by atoms with E-state index in [-0.39, 0.29) is 37.3 Å². The first kappa shape index (κ1) is 24.2. The van der Waals surface area contributed by atoms with E-state index in [9.17, 15) is 9.90 Å². The molecule has 8 heteroatoms. The second-order valence-electron chi connectivity index (χ2n) is 6.61. The monoisotopic (exact) mass is 395 g/mol. The quantitative estimate of drug-likeness (QED) is 0.670. The molecule has 1 aliphatic rings. The van der Waals surface area contributed by atoms with Gasteiger partial charge in [-0.3, -0.25) is 0 Å². The Kier molecular flexibility index (Phi) is 12.1. The first-order valence-electron chi connectivity index (χ1n) is 8.67. The summed E-state index contributed by atoms with van der Waals surface area (Å²) in [4.78, 5) is 15.6. The highest BCUT2D eigenvalue weighted by Gasteiger charge is 2.22. The Bertz CT molecular complexity index is 493. The van der Waals surface area contributed by atoms with Crippen LogP contribution in [0.15, 0.2) is 12.5 Å². The first-order valence-corrected chi connectivity index (χ1v) is 8.67. The van der Waals surface area contributed by atoms with Crippen molar-refractivity contribution in [1.29, 1.82) is 0 Å². The lowest BCUT2D eigenvalue weighted by Gasteiger charge is -2.21. The van der Waals surface area contributed by atoms with Crippen molar-refractivity contribution in [3.63, 3.8) is 0 Å². The highest BCUT2D eigenvalue weighted by Crippen LogP contribution is 2.26. The number of nitrogens with two attached hydrogens (primary N) is 1. The Morgan fingerprint density at radius 2 is 2.08 bits per heavy atom. The molecular weight excluding hydrogens is 365 g/mol. The van der Waals surface area contributed by atoms with Crippen LogP contribution in [0.1, 0.15) is 51.1 Å². The molecule has 1 fully saturated rings. The van der Waals surface area contributed by atoms with Crippen LogP contribution in [-0.4, -0.2) is 39.4 Å². The number of aryl methyl sites for hydroxylation is 1. The fourth-order valence-corrected chi connectivity index (χ4v) is 3.16. The first-order chi connectivity index (χ1) is 11.1. The summed E-state index contributed by atoms with van der Waals surface area (Å²) < 4.78 is 7.52. The molecule has 0 aromatic carbocycles. The van der Waals surface area contributed by atoms with Crippen LogP contribution < -0.4 is 5.73 Å². The molecule has 0 saturated heterocycles. The molecule has 0 bridgehead atoms. The zero-order chi connectivity index (χ0) is 16.7. The Labute approximate surface area is 162 Å². The minimum Gasteiger partial charge on any atom is -0.479 e. The van der Waals surface area contributed by atoms with Crippen LogP contribution in [0.3, 0.4) is 0 Å². The molecule has 0 spiro atoms. The summed E-state index contributed by atoms with van der Waals surface area (Å²) in [6.07, 6.45) is 10.8. The van der Waals surface area contributed by atoms with Gasteiger partial charge in [0.05, 0.1) is 18.1 Å². The SMILES string of the molecule is C[C@@H](CN)O[C@H](Cc1cn(CCC2CCCCC2)cn1)C(=O)O.Cl.Cl. The number of ether oxygens (including phenoxy) is 1. The number of carbonyl (C=O) groups is 1. The molecule has 0 aliphatic heterocycles. The molecule has 0 radical (unpaired) electrons. The molecule has 1 heterocycles. The highest BCUT2D eigenvalue weighted by atomic mass is 35.5. The topological polar surface area (TPSA) is 90.4 Å². The Morgan fingerprint density at radius 3 is 2.68 bits per heavy atom. The number of halogens is 2. The summed E-state index contributed by atoms with van der Waals surface area (Å²) in [6.45, 7) is 3.04. The number of aliphatic carboxylic acids is 1. The van der Waals surface area contributed by atoms with Crippen molar-refractivity contribution in [1.82, 2.24) is 9.55 Å². The van der Waals surface area contributed by atoms with Crippen molar-refractivity contribution in [2.75, 3.05) is 6.54 Å². The van der Waals surface area contributed by atoms with Crippen LogP contribution in [0.25, 0.3) is 0 Å². The van der Waals surface area contributed by atoms with E-state index in [0.717, 1.165) is 18.2 Å². The van der Waals surface area contributed by atoms with Crippen LogP contribution >= 0.6 is 24.8 Å². The van der Waals surface area contributed by atoms with Gasteiger partial charge in [0.2, 0.25) is 0 Å². The summed E-state index contributed by atoms with van der Waals surface area (Å²) in [6, 6.07) is 0. The molecule has 146 valence electrons. The maximum atomic E-state index is 11.3. The Morgan fingerprint density at radius 1 is 1.40 bits per heavy atom. The second kappa shape index (κ2) is 12.5. The van der Waals surface area contributed by atoms with Gasteiger partial charge in [0.1, 0.15) is 0 Å². The number of hydrogen-bond acceptors (Lipinski definition) is 4. The molecule has 1 saturated carbocycles. The van der Waals surface area contributed by atoms with E-state index in [1.54, 1.807) is 13.3 Å². The lowest BCUT2D eigenvalue weighted by molar-refractivity contribution is -0.153. The third kappa shape index (κ3) is 8.40. The van der Waals surface area contributed by atoms with Crippen LogP contribution in [0.2, 0.25) is 0 Å². The minimum atomic E-state index is -0.970. The number of imidazole rings is 1. The summed E-state index contributed by atoms with van der Waals surface area (Å²) in [5, 5.41) is 9.26. The lowest BCUT2D eigenvalue weighted by Crippen LogP contribution is -2.33. The van der Waals surface area contributed by atoms with E-state index < -0.39 is 12.1 Å². The average molecular weight is 396 g/mol. The fraction of sp³-hybridized carbons (Fsp3) is 0.765.